The molecule has 0 amide bonds. The molecule has 2 rings (SSSR count). The van der Waals surface area contributed by atoms with Gasteiger partial charge in [-0.2, -0.15) is 10.2 Å². The van der Waals surface area contributed by atoms with Crippen LogP contribution in [0.15, 0.2) is 11.2 Å². The molecule has 0 spiro atoms. The first kappa shape index (κ1) is 14.1. The van der Waals surface area contributed by atoms with Gasteiger partial charge in [0.1, 0.15) is 17.9 Å². The van der Waals surface area contributed by atoms with Crippen LogP contribution in [0.2, 0.25) is 0 Å². The average molecular weight is 280 g/mol. The molecule has 0 bridgehead atoms. The largest absolute Gasteiger partial charge is 0.610 e. The van der Waals surface area contributed by atoms with Gasteiger partial charge in [-0.25, -0.2) is 4.98 Å². The molecule has 6 nitrogen and oxygen atoms in total. The Kier molecular flexibility index (Phi) is 4.58. The third kappa shape index (κ3) is 3.56. The quantitative estimate of drug-likeness (QED) is 0.627. The SMILES string of the molecule is C[S+]([O-])c1nc(NC2CCC(O)CC2)ncc1C#N. The fourth-order valence-electron chi connectivity index (χ4n) is 2.13. The molecular weight excluding hydrogens is 264 g/mol. The molecule has 7 heteroatoms. The maximum absolute atomic E-state index is 11.5. The predicted molar refractivity (Wildman–Crippen MR) is 71.0 cm³/mol. The van der Waals surface area contributed by atoms with Gasteiger partial charge in [0.05, 0.1) is 12.3 Å². The molecule has 1 saturated carbocycles. The Hall–Kier alpha value is -1.36. The minimum atomic E-state index is -1.32. The highest BCUT2D eigenvalue weighted by atomic mass is 32.2. The van der Waals surface area contributed by atoms with Crippen LogP contribution in [-0.2, 0) is 11.2 Å². The van der Waals surface area contributed by atoms with Crippen LogP contribution in [0.25, 0.3) is 0 Å². The van der Waals surface area contributed by atoms with Crippen molar-refractivity contribution >= 4 is 17.1 Å². The van der Waals surface area contributed by atoms with Gasteiger partial charge in [0.25, 0.3) is 5.03 Å². The van der Waals surface area contributed by atoms with Crippen LogP contribution in [0.5, 0.6) is 0 Å². The average Bonchev–Trinajstić information content (AvgIpc) is 2.41. The van der Waals surface area contributed by atoms with Gasteiger partial charge in [0.15, 0.2) is 0 Å². The molecule has 0 saturated heterocycles. The molecular formula is C12H16N4O2S. The molecule has 0 aliphatic heterocycles. The summed E-state index contributed by atoms with van der Waals surface area (Å²) >= 11 is -1.32. The fourth-order valence-corrected chi connectivity index (χ4v) is 2.76. The Morgan fingerprint density at radius 2 is 2.16 bits per heavy atom. The van der Waals surface area contributed by atoms with E-state index in [2.05, 4.69) is 15.3 Å². The summed E-state index contributed by atoms with van der Waals surface area (Å²) in [4.78, 5) is 8.21. The van der Waals surface area contributed by atoms with E-state index in [0.717, 1.165) is 25.7 Å². The van der Waals surface area contributed by atoms with Crippen LogP contribution in [0.1, 0.15) is 31.2 Å². The van der Waals surface area contributed by atoms with E-state index in [1.165, 1.54) is 12.5 Å². The summed E-state index contributed by atoms with van der Waals surface area (Å²) in [5.41, 5.74) is 0.241. The van der Waals surface area contributed by atoms with E-state index in [1.54, 1.807) is 0 Å². The van der Waals surface area contributed by atoms with Crippen LogP contribution in [0, 0.1) is 11.3 Å². The van der Waals surface area contributed by atoms with Crippen molar-refractivity contribution in [1.82, 2.24) is 9.97 Å². The van der Waals surface area contributed by atoms with E-state index in [4.69, 9.17) is 5.26 Å². The van der Waals surface area contributed by atoms with E-state index in [-0.39, 0.29) is 22.7 Å². The molecule has 2 N–H and O–H groups in total. The van der Waals surface area contributed by atoms with Gasteiger partial charge in [-0.3, -0.25) is 0 Å². The second-order valence-corrected chi connectivity index (χ2v) is 5.92. The van der Waals surface area contributed by atoms with Crippen molar-refractivity contribution in [2.24, 2.45) is 0 Å². The van der Waals surface area contributed by atoms with Crippen molar-refractivity contribution in [2.45, 2.75) is 42.9 Å². The van der Waals surface area contributed by atoms with E-state index < -0.39 is 11.2 Å². The molecule has 1 atom stereocenters. The summed E-state index contributed by atoms with van der Waals surface area (Å²) in [5.74, 6) is 0.394. The first-order valence-electron chi connectivity index (χ1n) is 6.15. The molecule has 1 aliphatic carbocycles. The van der Waals surface area contributed by atoms with Crippen molar-refractivity contribution in [2.75, 3.05) is 11.6 Å². The normalized spacial score (nSPS) is 24.5. The molecule has 102 valence electrons. The van der Waals surface area contributed by atoms with Crippen LogP contribution in [-0.4, -0.2) is 38.0 Å². The van der Waals surface area contributed by atoms with E-state index in [1.807, 2.05) is 6.07 Å². The second kappa shape index (κ2) is 6.19. The number of rotatable bonds is 3. The van der Waals surface area contributed by atoms with Gasteiger partial charge in [0.2, 0.25) is 5.95 Å². The number of hydrogen-bond donors (Lipinski definition) is 2. The van der Waals surface area contributed by atoms with Crippen LogP contribution in [0.3, 0.4) is 0 Å². The number of aliphatic hydroxyl groups is 1. The summed E-state index contributed by atoms with van der Waals surface area (Å²) in [7, 11) is 0. The van der Waals surface area contributed by atoms with Crippen molar-refractivity contribution in [3.8, 4) is 6.07 Å². The highest BCUT2D eigenvalue weighted by Crippen LogP contribution is 2.21. The van der Waals surface area contributed by atoms with Gasteiger partial charge in [-0.1, -0.05) is 0 Å². The molecule has 1 aromatic heterocycles. The van der Waals surface area contributed by atoms with E-state index >= 15 is 0 Å². The van der Waals surface area contributed by atoms with Gasteiger partial charge in [0, 0.05) is 17.2 Å². The Labute approximate surface area is 115 Å². The molecule has 0 aromatic carbocycles. The summed E-state index contributed by atoms with van der Waals surface area (Å²) < 4.78 is 11.5. The van der Waals surface area contributed by atoms with Crippen molar-refractivity contribution in [3.63, 3.8) is 0 Å². The minimum absolute atomic E-state index is 0.210. The highest BCUT2D eigenvalue weighted by molar-refractivity contribution is 7.90. The lowest BCUT2D eigenvalue weighted by molar-refractivity contribution is 0.126. The third-order valence-electron chi connectivity index (χ3n) is 3.18. The fraction of sp³-hybridized carbons (Fsp3) is 0.583. The first-order chi connectivity index (χ1) is 9.10. The van der Waals surface area contributed by atoms with Crippen LogP contribution in [0.4, 0.5) is 5.95 Å². The maximum Gasteiger partial charge on any atom is 0.267 e. The monoisotopic (exact) mass is 280 g/mol. The summed E-state index contributed by atoms with van der Waals surface area (Å²) in [5, 5.41) is 21.8. The van der Waals surface area contributed by atoms with Gasteiger partial charge < -0.3 is 15.0 Å². The van der Waals surface area contributed by atoms with Gasteiger partial charge in [-0.15, -0.1) is 0 Å². The Morgan fingerprint density at radius 3 is 2.74 bits per heavy atom. The van der Waals surface area contributed by atoms with Gasteiger partial charge in [-0.05, 0) is 25.7 Å². The molecule has 0 radical (unpaired) electrons. The number of aromatic nitrogens is 2. The number of nitrogens with zero attached hydrogens (tertiary/aromatic N) is 3. The Bertz CT molecular complexity index is 481. The number of nitrogens with one attached hydrogen (secondary N) is 1. The van der Waals surface area contributed by atoms with Gasteiger partial charge >= 0.3 is 0 Å². The topological polar surface area (TPSA) is 105 Å². The maximum atomic E-state index is 11.5. The van der Waals surface area contributed by atoms with Crippen LogP contribution < -0.4 is 5.32 Å². The van der Waals surface area contributed by atoms with Crippen molar-refractivity contribution in [3.05, 3.63) is 11.8 Å². The molecule has 1 fully saturated rings. The Balaban J connectivity index is 2.09. The smallest absolute Gasteiger partial charge is 0.267 e. The number of anilines is 1. The summed E-state index contributed by atoms with van der Waals surface area (Å²) in [6.07, 6.45) is 5.91. The highest BCUT2D eigenvalue weighted by Gasteiger charge is 2.21. The molecule has 1 unspecified atom stereocenters. The van der Waals surface area contributed by atoms with E-state index in [0.29, 0.717) is 5.95 Å². The summed E-state index contributed by atoms with van der Waals surface area (Å²) in [6.45, 7) is 0. The molecule has 19 heavy (non-hydrogen) atoms. The zero-order valence-electron chi connectivity index (χ0n) is 10.7. The molecule has 1 aromatic rings. The standard InChI is InChI=1S/C12H16N4O2S/c1-19(18)11-8(6-13)7-14-12(16-11)15-9-2-4-10(17)5-3-9/h7,9-10,17H,2-5H2,1H3,(H,14,15,16). The second-order valence-electron chi connectivity index (χ2n) is 4.63. The first-order valence-corrected chi connectivity index (χ1v) is 7.71. The zero-order valence-corrected chi connectivity index (χ0v) is 11.5. The lowest BCUT2D eigenvalue weighted by Gasteiger charge is -2.26. The lowest BCUT2D eigenvalue weighted by Crippen LogP contribution is -2.29. The summed E-state index contributed by atoms with van der Waals surface area (Å²) in [6, 6.07) is 2.15. The van der Waals surface area contributed by atoms with Crippen molar-refractivity contribution < 1.29 is 9.66 Å². The molecule has 1 heterocycles. The van der Waals surface area contributed by atoms with E-state index in [9.17, 15) is 9.66 Å². The minimum Gasteiger partial charge on any atom is -0.610 e. The lowest BCUT2D eigenvalue weighted by atomic mass is 9.93. The number of nitriles is 1. The third-order valence-corrected chi connectivity index (χ3v) is 4.03. The Morgan fingerprint density at radius 1 is 1.47 bits per heavy atom. The molecule has 1 aliphatic rings. The van der Waals surface area contributed by atoms with Crippen molar-refractivity contribution in [1.29, 1.82) is 5.26 Å². The zero-order chi connectivity index (χ0) is 13.8. The number of aliphatic hydroxyl groups excluding tert-OH is 1. The van der Waals surface area contributed by atoms with Crippen LogP contribution >= 0.6 is 0 Å². The predicted octanol–water partition coefficient (Wildman–Crippen LogP) is 0.801. The number of hydrogen-bond acceptors (Lipinski definition) is 6.